The normalized spacial score (nSPS) is 17.1. The number of rotatable bonds is 4. The van der Waals surface area contributed by atoms with Crippen molar-refractivity contribution in [3.8, 4) is 0 Å². The maximum atomic E-state index is 12.5. The molecule has 7 nitrogen and oxygen atoms in total. The first-order valence-corrected chi connectivity index (χ1v) is 12.6. The number of benzene rings is 1. The first-order chi connectivity index (χ1) is 12.6. The zero-order valence-electron chi connectivity index (χ0n) is 15.4. The smallest absolute Gasteiger partial charge is 0.236 e. The number of hydrogen-bond donors (Lipinski definition) is 0. The van der Waals surface area contributed by atoms with Gasteiger partial charge in [0.1, 0.15) is 0 Å². The molecule has 27 heavy (non-hydrogen) atoms. The fourth-order valence-electron chi connectivity index (χ4n) is 3.99. The van der Waals surface area contributed by atoms with Crippen LogP contribution in [-0.4, -0.2) is 55.3 Å². The van der Waals surface area contributed by atoms with Crippen molar-refractivity contribution in [2.24, 2.45) is 0 Å². The molecule has 9 heteroatoms. The van der Waals surface area contributed by atoms with Crippen molar-refractivity contribution in [1.29, 1.82) is 0 Å². The molecule has 1 aromatic carbocycles. The van der Waals surface area contributed by atoms with Crippen molar-refractivity contribution in [3.05, 3.63) is 36.2 Å². The molecule has 1 saturated heterocycles. The molecule has 0 amide bonds. The molecule has 0 bridgehead atoms. The van der Waals surface area contributed by atoms with E-state index in [2.05, 4.69) is 4.90 Å². The standard InChI is InChI=1S/C18H23N3O4S2/c1-26(22,23)20-9-6-14-10-15-11-16(13-19-7-4-3-5-8-19)21(27(2,24)25)18(15)12-17(14)20/h6,9-12H,3-5,7-8,13H2,1-2H3. The van der Waals surface area contributed by atoms with Crippen LogP contribution in [0.4, 0.5) is 0 Å². The van der Waals surface area contributed by atoms with Gasteiger partial charge in [-0.25, -0.2) is 24.8 Å². The van der Waals surface area contributed by atoms with Crippen molar-refractivity contribution >= 4 is 41.9 Å². The lowest BCUT2D eigenvalue weighted by atomic mass is 10.1. The van der Waals surface area contributed by atoms with E-state index in [0.29, 0.717) is 23.3 Å². The lowest BCUT2D eigenvalue weighted by Crippen LogP contribution is -2.30. The predicted molar refractivity (Wildman–Crippen MR) is 107 cm³/mol. The minimum atomic E-state index is -3.54. The largest absolute Gasteiger partial charge is 0.298 e. The number of likely N-dealkylation sites (tertiary alicyclic amines) is 1. The van der Waals surface area contributed by atoms with Gasteiger partial charge in [-0.2, -0.15) is 0 Å². The molecule has 3 heterocycles. The highest BCUT2D eigenvalue weighted by atomic mass is 32.2. The summed E-state index contributed by atoms with van der Waals surface area (Å²) < 4.78 is 51.7. The molecule has 3 aromatic rings. The summed E-state index contributed by atoms with van der Waals surface area (Å²) in [7, 11) is -7.01. The van der Waals surface area contributed by atoms with Crippen molar-refractivity contribution in [3.63, 3.8) is 0 Å². The predicted octanol–water partition coefficient (Wildman–Crippen LogP) is 2.20. The van der Waals surface area contributed by atoms with Gasteiger partial charge in [0.05, 0.1) is 23.5 Å². The maximum absolute atomic E-state index is 12.5. The van der Waals surface area contributed by atoms with Crippen LogP contribution in [0.2, 0.25) is 0 Å². The average molecular weight is 410 g/mol. The molecule has 2 aromatic heterocycles. The molecule has 146 valence electrons. The minimum absolute atomic E-state index is 0.484. The Bertz CT molecular complexity index is 1230. The van der Waals surface area contributed by atoms with E-state index in [4.69, 9.17) is 0 Å². The van der Waals surface area contributed by atoms with Crippen molar-refractivity contribution in [1.82, 2.24) is 12.8 Å². The van der Waals surface area contributed by atoms with Crippen LogP contribution < -0.4 is 0 Å². The van der Waals surface area contributed by atoms with Gasteiger partial charge in [0.15, 0.2) is 0 Å². The molecule has 1 aliphatic rings. The van der Waals surface area contributed by atoms with E-state index >= 15 is 0 Å². The van der Waals surface area contributed by atoms with Crippen LogP contribution in [-0.2, 0) is 26.6 Å². The first kappa shape index (κ1) is 18.5. The number of piperidine rings is 1. The summed E-state index contributed by atoms with van der Waals surface area (Å²) in [5.74, 6) is 0. The van der Waals surface area contributed by atoms with Gasteiger partial charge >= 0.3 is 0 Å². The van der Waals surface area contributed by atoms with E-state index in [9.17, 15) is 16.8 Å². The summed E-state index contributed by atoms with van der Waals surface area (Å²) >= 11 is 0. The van der Waals surface area contributed by atoms with Crippen molar-refractivity contribution in [2.45, 2.75) is 25.8 Å². The number of fused-ring (bicyclic) bond motifs is 2. The van der Waals surface area contributed by atoms with Gasteiger partial charge in [-0.05, 0) is 50.2 Å². The van der Waals surface area contributed by atoms with Crippen molar-refractivity contribution < 1.29 is 16.8 Å². The highest BCUT2D eigenvalue weighted by molar-refractivity contribution is 7.89. The Hall–Kier alpha value is -1.84. The van der Waals surface area contributed by atoms with Crippen LogP contribution in [0.5, 0.6) is 0 Å². The lowest BCUT2D eigenvalue weighted by Gasteiger charge is -2.26. The van der Waals surface area contributed by atoms with E-state index in [1.165, 1.54) is 26.8 Å². The van der Waals surface area contributed by atoms with E-state index in [1.807, 2.05) is 12.1 Å². The molecule has 0 N–H and O–H groups in total. The second-order valence-electron chi connectivity index (χ2n) is 7.34. The molecule has 0 aliphatic carbocycles. The second kappa shape index (κ2) is 6.35. The highest BCUT2D eigenvalue weighted by Gasteiger charge is 2.21. The fourth-order valence-corrected chi connectivity index (χ4v) is 5.84. The Morgan fingerprint density at radius 1 is 0.852 bits per heavy atom. The zero-order valence-corrected chi connectivity index (χ0v) is 17.1. The number of aromatic nitrogens is 2. The third kappa shape index (κ3) is 3.39. The maximum Gasteiger partial charge on any atom is 0.236 e. The minimum Gasteiger partial charge on any atom is -0.298 e. The van der Waals surface area contributed by atoms with Crippen LogP contribution in [0.3, 0.4) is 0 Å². The number of hydrogen-bond acceptors (Lipinski definition) is 5. The first-order valence-electron chi connectivity index (χ1n) is 8.93. The summed E-state index contributed by atoms with van der Waals surface area (Å²) in [6.07, 6.45) is 7.28. The van der Waals surface area contributed by atoms with Crippen LogP contribution in [0.1, 0.15) is 25.0 Å². The Morgan fingerprint density at radius 3 is 2.19 bits per heavy atom. The Labute approximate surface area is 159 Å². The molecule has 1 aliphatic heterocycles. The quantitative estimate of drug-likeness (QED) is 0.660. The molecular weight excluding hydrogens is 386 g/mol. The molecule has 0 saturated carbocycles. The molecule has 0 atom stereocenters. The Balaban J connectivity index is 1.94. The number of nitrogens with zero attached hydrogens (tertiary/aromatic N) is 3. The van der Waals surface area contributed by atoms with Crippen molar-refractivity contribution in [2.75, 3.05) is 25.6 Å². The SMILES string of the molecule is CS(=O)(=O)n1ccc2cc3cc(CN4CCCCC4)n(S(C)(=O)=O)c3cc21. The van der Waals surface area contributed by atoms with Crippen LogP contribution in [0.25, 0.3) is 21.8 Å². The molecule has 1 fully saturated rings. The summed E-state index contributed by atoms with van der Waals surface area (Å²) in [6.45, 7) is 2.50. The van der Waals surface area contributed by atoms with Gasteiger partial charge in [-0.1, -0.05) is 6.42 Å². The molecular formula is C18H23N3O4S2. The van der Waals surface area contributed by atoms with Gasteiger partial charge < -0.3 is 0 Å². The fraction of sp³-hybridized carbons (Fsp3) is 0.444. The van der Waals surface area contributed by atoms with E-state index in [1.54, 1.807) is 12.1 Å². The third-order valence-electron chi connectivity index (χ3n) is 5.13. The van der Waals surface area contributed by atoms with Crippen LogP contribution >= 0.6 is 0 Å². The topological polar surface area (TPSA) is 81.4 Å². The van der Waals surface area contributed by atoms with Crippen LogP contribution in [0.15, 0.2) is 30.5 Å². The van der Waals surface area contributed by atoms with E-state index < -0.39 is 20.0 Å². The summed E-state index contributed by atoms with van der Waals surface area (Å²) in [6, 6.07) is 7.15. The second-order valence-corrected chi connectivity index (χ2v) is 11.0. The van der Waals surface area contributed by atoms with Gasteiger partial charge in [0.25, 0.3) is 0 Å². The third-order valence-corrected chi connectivity index (χ3v) is 7.26. The van der Waals surface area contributed by atoms with E-state index in [-0.39, 0.29) is 0 Å². The molecule has 0 unspecified atom stereocenters. The monoisotopic (exact) mass is 409 g/mol. The van der Waals surface area contributed by atoms with E-state index in [0.717, 1.165) is 43.0 Å². The van der Waals surface area contributed by atoms with Gasteiger partial charge in [0, 0.05) is 29.2 Å². The lowest BCUT2D eigenvalue weighted by molar-refractivity contribution is 0.218. The highest BCUT2D eigenvalue weighted by Crippen LogP contribution is 2.29. The Kier molecular flexibility index (Phi) is 4.36. The Morgan fingerprint density at radius 2 is 1.56 bits per heavy atom. The summed E-state index contributed by atoms with van der Waals surface area (Å²) in [5.41, 5.74) is 1.71. The van der Waals surface area contributed by atoms with Gasteiger partial charge in [-0.15, -0.1) is 0 Å². The van der Waals surface area contributed by atoms with Gasteiger partial charge in [-0.3, -0.25) is 4.90 Å². The summed E-state index contributed by atoms with van der Waals surface area (Å²) in [5, 5.41) is 1.56. The van der Waals surface area contributed by atoms with Crippen LogP contribution in [0, 0.1) is 0 Å². The molecule has 0 radical (unpaired) electrons. The molecule has 4 rings (SSSR count). The van der Waals surface area contributed by atoms with Gasteiger partial charge in [0.2, 0.25) is 20.0 Å². The summed E-state index contributed by atoms with van der Waals surface area (Å²) in [4.78, 5) is 2.27. The molecule has 0 spiro atoms. The zero-order chi connectivity index (χ0) is 19.4. The average Bonchev–Trinajstić information content (AvgIpc) is 3.12.